The van der Waals surface area contributed by atoms with Crippen molar-refractivity contribution in [2.45, 2.75) is 6.61 Å². The number of aromatic nitrogens is 2. The number of nitrogens with zero attached hydrogens (tertiary/aromatic N) is 3. The molecule has 1 N–H and O–H groups in total. The Balaban J connectivity index is 1.58. The maximum absolute atomic E-state index is 13.1. The summed E-state index contributed by atoms with van der Waals surface area (Å²) < 4.78 is 19.1. The van der Waals surface area contributed by atoms with E-state index in [1.807, 2.05) is 36.4 Å². The molecular formula is C23H17FN4O2. The molecule has 7 heteroatoms. The third kappa shape index (κ3) is 4.47. The van der Waals surface area contributed by atoms with Gasteiger partial charge < -0.3 is 4.74 Å². The first kappa shape index (κ1) is 19.2. The Morgan fingerprint density at radius 3 is 2.70 bits per heavy atom. The summed E-state index contributed by atoms with van der Waals surface area (Å²) in [6, 6.07) is 17.7. The molecule has 0 atom stereocenters. The first-order valence-electron chi connectivity index (χ1n) is 9.19. The molecule has 1 heterocycles. The van der Waals surface area contributed by atoms with Crippen LogP contribution in [0.2, 0.25) is 0 Å². The van der Waals surface area contributed by atoms with Crippen LogP contribution in [-0.4, -0.2) is 22.1 Å². The number of amides is 1. The minimum atomic E-state index is -0.464. The molecule has 1 aromatic heterocycles. The van der Waals surface area contributed by atoms with Crippen molar-refractivity contribution >= 4 is 22.9 Å². The highest BCUT2D eigenvalue weighted by Gasteiger charge is 2.09. The Morgan fingerprint density at radius 1 is 1.07 bits per heavy atom. The van der Waals surface area contributed by atoms with Crippen molar-refractivity contribution in [2.24, 2.45) is 5.10 Å². The lowest BCUT2D eigenvalue weighted by Gasteiger charge is -2.12. The van der Waals surface area contributed by atoms with Crippen LogP contribution in [0.25, 0.3) is 10.8 Å². The van der Waals surface area contributed by atoms with Gasteiger partial charge in [0.05, 0.1) is 12.4 Å². The average Bonchev–Trinajstić information content (AvgIpc) is 2.80. The molecule has 4 rings (SSSR count). The molecule has 0 unspecified atom stereocenters. The summed E-state index contributed by atoms with van der Waals surface area (Å²) in [6.07, 6.45) is 5.82. The second-order valence-corrected chi connectivity index (χ2v) is 6.40. The Hall–Kier alpha value is -4.13. The van der Waals surface area contributed by atoms with E-state index in [9.17, 15) is 9.18 Å². The van der Waals surface area contributed by atoms with E-state index < -0.39 is 5.91 Å². The highest BCUT2D eigenvalue weighted by Crippen LogP contribution is 2.27. The average molecular weight is 400 g/mol. The fourth-order valence-corrected chi connectivity index (χ4v) is 2.91. The Bertz CT molecular complexity index is 1190. The van der Waals surface area contributed by atoms with E-state index in [4.69, 9.17) is 4.74 Å². The molecule has 6 nitrogen and oxygen atoms in total. The number of benzene rings is 3. The van der Waals surface area contributed by atoms with Crippen LogP contribution in [0.4, 0.5) is 4.39 Å². The van der Waals surface area contributed by atoms with Gasteiger partial charge in [-0.2, -0.15) is 5.10 Å². The Labute approximate surface area is 172 Å². The molecule has 1 amide bonds. The summed E-state index contributed by atoms with van der Waals surface area (Å²) in [6.45, 7) is 0.269. The predicted octanol–water partition coefficient (Wildman–Crippen LogP) is 4.11. The topological polar surface area (TPSA) is 76.5 Å². The number of carbonyl (C=O) groups is 1. The summed E-state index contributed by atoms with van der Waals surface area (Å²) in [7, 11) is 0. The van der Waals surface area contributed by atoms with Crippen molar-refractivity contribution < 1.29 is 13.9 Å². The second kappa shape index (κ2) is 8.91. The first-order chi connectivity index (χ1) is 14.7. The zero-order valence-corrected chi connectivity index (χ0v) is 15.8. The maximum Gasteiger partial charge on any atom is 0.291 e. The lowest BCUT2D eigenvalue weighted by Crippen LogP contribution is -2.19. The summed E-state index contributed by atoms with van der Waals surface area (Å²) >= 11 is 0. The van der Waals surface area contributed by atoms with Gasteiger partial charge in [0.1, 0.15) is 23.9 Å². The zero-order valence-electron chi connectivity index (χ0n) is 15.8. The van der Waals surface area contributed by atoms with Gasteiger partial charge >= 0.3 is 0 Å². The predicted molar refractivity (Wildman–Crippen MR) is 112 cm³/mol. The summed E-state index contributed by atoms with van der Waals surface area (Å²) in [5.41, 5.74) is 4.17. The van der Waals surface area contributed by atoms with Gasteiger partial charge in [-0.05, 0) is 34.5 Å². The summed E-state index contributed by atoms with van der Waals surface area (Å²) in [5.74, 6) is -0.167. The van der Waals surface area contributed by atoms with Gasteiger partial charge in [0, 0.05) is 18.0 Å². The summed E-state index contributed by atoms with van der Waals surface area (Å²) in [4.78, 5) is 19.9. The van der Waals surface area contributed by atoms with Gasteiger partial charge in [-0.1, -0.05) is 42.5 Å². The molecule has 30 heavy (non-hydrogen) atoms. The van der Waals surface area contributed by atoms with Crippen molar-refractivity contribution in [2.75, 3.05) is 0 Å². The van der Waals surface area contributed by atoms with Gasteiger partial charge in [0.15, 0.2) is 0 Å². The minimum absolute atomic E-state index is 0.167. The third-order valence-corrected chi connectivity index (χ3v) is 4.39. The molecular weight excluding hydrogens is 383 g/mol. The molecule has 4 aromatic rings. The molecule has 0 aliphatic heterocycles. The molecule has 148 valence electrons. The van der Waals surface area contributed by atoms with E-state index in [0.29, 0.717) is 5.75 Å². The van der Waals surface area contributed by atoms with E-state index in [2.05, 4.69) is 20.5 Å². The summed E-state index contributed by atoms with van der Waals surface area (Å²) in [5, 5.41) is 6.00. The van der Waals surface area contributed by atoms with Crippen LogP contribution in [0, 0.1) is 5.82 Å². The standard InChI is InChI=1S/C23H17FN4O2/c24-18-8-5-16(6-9-18)15-30-22-10-7-17-3-1-2-4-19(17)20(22)13-27-28-23(29)21-14-25-11-12-26-21/h1-14H,15H2,(H,28,29)/b27-13-. The van der Waals surface area contributed by atoms with Crippen molar-refractivity contribution in [3.8, 4) is 5.75 Å². The van der Waals surface area contributed by atoms with E-state index in [0.717, 1.165) is 21.9 Å². The van der Waals surface area contributed by atoms with Crippen LogP contribution in [0.15, 0.2) is 84.4 Å². The van der Waals surface area contributed by atoms with Gasteiger partial charge in [0.2, 0.25) is 0 Å². The van der Waals surface area contributed by atoms with E-state index in [1.165, 1.54) is 36.9 Å². The highest BCUT2D eigenvalue weighted by atomic mass is 19.1. The Morgan fingerprint density at radius 2 is 1.90 bits per heavy atom. The minimum Gasteiger partial charge on any atom is -0.488 e. The molecule has 0 bridgehead atoms. The lowest BCUT2D eigenvalue weighted by molar-refractivity contribution is 0.0949. The monoisotopic (exact) mass is 400 g/mol. The number of fused-ring (bicyclic) bond motifs is 1. The quantitative estimate of drug-likeness (QED) is 0.390. The number of halogens is 1. The van der Waals surface area contributed by atoms with Gasteiger partial charge in [-0.15, -0.1) is 0 Å². The molecule has 0 saturated carbocycles. The number of ether oxygens (including phenoxy) is 1. The number of rotatable bonds is 6. The molecule has 0 aliphatic rings. The molecule has 0 aliphatic carbocycles. The van der Waals surface area contributed by atoms with Gasteiger partial charge in [-0.3, -0.25) is 9.78 Å². The molecule has 3 aromatic carbocycles. The van der Waals surface area contributed by atoms with Crippen LogP contribution in [-0.2, 0) is 6.61 Å². The van der Waals surface area contributed by atoms with Crippen molar-refractivity contribution in [1.82, 2.24) is 15.4 Å². The smallest absolute Gasteiger partial charge is 0.291 e. The van der Waals surface area contributed by atoms with Crippen LogP contribution >= 0.6 is 0 Å². The first-order valence-corrected chi connectivity index (χ1v) is 9.19. The van der Waals surface area contributed by atoms with Crippen LogP contribution in [0.1, 0.15) is 21.6 Å². The van der Waals surface area contributed by atoms with Crippen LogP contribution in [0.5, 0.6) is 5.75 Å². The van der Waals surface area contributed by atoms with Gasteiger partial charge in [-0.25, -0.2) is 14.8 Å². The highest BCUT2D eigenvalue weighted by molar-refractivity contribution is 6.03. The largest absolute Gasteiger partial charge is 0.488 e. The third-order valence-electron chi connectivity index (χ3n) is 4.39. The number of carbonyl (C=O) groups excluding carboxylic acids is 1. The lowest BCUT2D eigenvalue weighted by atomic mass is 10.0. The molecule has 0 saturated heterocycles. The van der Waals surface area contributed by atoms with Crippen molar-refractivity contribution in [3.63, 3.8) is 0 Å². The zero-order chi connectivity index (χ0) is 20.8. The normalized spacial score (nSPS) is 11.0. The van der Waals surface area contributed by atoms with Gasteiger partial charge in [0.25, 0.3) is 5.91 Å². The number of hydrogen-bond donors (Lipinski definition) is 1. The number of nitrogens with one attached hydrogen (secondary N) is 1. The number of hydrazone groups is 1. The van der Waals surface area contributed by atoms with E-state index in [-0.39, 0.29) is 18.1 Å². The fourth-order valence-electron chi connectivity index (χ4n) is 2.91. The molecule has 0 radical (unpaired) electrons. The second-order valence-electron chi connectivity index (χ2n) is 6.40. The van der Waals surface area contributed by atoms with E-state index >= 15 is 0 Å². The van der Waals surface area contributed by atoms with E-state index in [1.54, 1.807) is 12.1 Å². The van der Waals surface area contributed by atoms with Crippen LogP contribution < -0.4 is 10.2 Å². The SMILES string of the molecule is O=C(N/N=C\c1c(OCc2ccc(F)cc2)ccc2ccccc12)c1cnccn1. The van der Waals surface area contributed by atoms with Crippen molar-refractivity contribution in [1.29, 1.82) is 0 Å². The van der Waals surface area contributed by atoms with Crippen LogP contribution in [0.3, 0.4) is 0 Å². The molecule has 0 spiro atoms. The van der Waals surface area contributed by atoms with Crippen molar-refractivity contribution in [3.05, 3.63) is 102 Å². The maximum atomic E-state index is 13.1. The fraction of sp³-hybridized carbons (Fsp3) is 0.0435. The Kier molecular flexibility index (Phi) is 5.70. The molecule has 0 fully saturated rings. The number of hydrogen-bond acceptors (Lipinski definition) is 5.